The van der Waals surface area contributed by atoms with E-state index < -0.39 is 23.8 Å². The summed E-state index contributed by atoms with van der Waals surface area (Å²) in [6, 6.07) is 5.06. The Morgan fingerprint density at radius 2 is 1.82 bits per heavy atom. The van der Waals surface area contributed by atoms with E-state index >= 15 is 0 Å². The lowest BCUT2D eigenvalue weighted by molar-refractivity contribution is -0.151. The molecule has 1 aliphatic heterocycles. The molecule has 6 nitrogen and oxygen atoms in total. The zero-order chi connectivity index (χ0) is 23.9. The molecule has 8 heteroatoms. The molecule has 1 heterocycles. The van der Waals surface area contributed by atoms with Gasteiger partial charge in [-0.3, -0.25) is 9.59 Å². The Kier molecular flexibility index (Phi) is 6.87. The van der Waals surface area contributed by atoms with Crippen molar-refractivity contribution in [3.8, 4) is 0 Å². The van der Waals surface area contributed by atoms with Crippen LogP contribution < -0.4 is 5.32 Å². The minimum Gasteiger partial charge on any atom is -0.468 e. The summed E-state index contributed by atoms with van der Waals surface area (Å²) in [5.74, 6) is -3.30. The van der Waals surface area contributed by atoms with Crippen LogP contribution in [0.1, 0.15) is 57.4 Å². The van der Waals surface area contributed by atoms with E-state index in [0.717, 1.165) is 25.7 Å². The molecular weight excluding hydrogens is 465 g/mol. The number of halogens is 2. The maximum Gasteiger partial charge on any atom is 0.337 e. The Morgan fingerprint density at radius 3 is 2.45 bits per heavy atom. The van der Waals surface area contributed by atoms with Gasteiger partial charge in [-0.1, -0.05) is 36.2 Å². The van der Waals surface area contributed by atoms with Gasteiger partial charge in [0.05, 0.1) is 22.7 Å². The highest BCUT2D eigenvalue weighted by Crippen LogP contribution is 2.46. The fraction of sp³-hybridized carbons (Fsp3) is 0.480. The number of nitrogens with one attached hydrogen (secondary N) is 1. The SMILES string of the molecule is COC(=O)C1C(=O)C2=C(CC1C)NC(C)=C(C(=O)OC1CCCC1)C2c1ccc(Cl)c(Cl)c1. The minimum absolute atomic E-state index is 0.132. The number of allylic oxidation sites excluding steroid dienone is 3. The smallest absolute Gasteiger partial charge is 0.337 e. The molecule has 176 valence electrons. The molecule has 1 fully saturated rings. The van der Waals surface area contributed by atoms with Crippen molar-refractivity contribution in [2.45, 2.75) is 58.0 Å². The van der Waals surface area contributed by atoms with Crippen LogP contribution in [0.3, 0.4) is 0 Å². The van der Waals surface area contributed by atoms with Crippen molar-refractivity contribution in [3.05, 3.63) is 56.3 Å². The number of carbonyl (C=O) groups is 3. The first-order valence-corrected chi connectivity index (χ1v) is 12.0. The van der Waals surface area contributed by atoms with E-state index in [1.807, 2.05) is 6.92 Å². The molecule has 1 aromatic carbocycles. The van der Waals surface area contributed by atoms with E-state index in [2.05, 4.69) is 5.32 Å². The van der Waals surface area contributed by atoms with Crippen molar-refractivity contribution < 1.29 is 23.9 Å². The normalized spacial score (nSPS) is 25.6. The Hall–Kier alpha value is -2.31. The first-order chi connectivity index (χ1) is 15.7. The van der Waals surface area contributed by atoms with Gasteiger partial charge in [0.15, 0.2) is 5.78 Å². The van der Waals surface area contributed by atoms with E-state index in [1.54, 1.807) is 25.1 Å². The number of methoxy groups -OCH3 is 1. The summed E-state index contributed by atoms with van der Waals surface area (Å²) in [5.41, 5.74) is 2.71. The fourth-order valence-electron chi connectivity index (χ4n) is 5.20. The number of ether oxygens (including phenoxy) is 2. The summed E-state index contributed by atoms with van der Waals surface area (Å²) in [6.45, 7) is 3.66. The Labute approximate surface area is 203 Å². The third kappa shape index (κ3) is 4.43. The molecule has 0 saturated heterocycles. The van der Waals surface area contributed by atoms with Gasteiger partial charge >= 0.3 is 11.9 Å². The largest absolute Gasteiger partial charge is 0.468 e. The highest BCUT2D eigenvalue weighted by atomic mass is 35.5. The molecule has 3 aliphatic rings. The van der Waals surface area contributed by atoms with Crippen LogP contribution in [0.2, 0.25) is 10.0 Å². The van der Waals surface area contributed by atoms with Crippen molar-refractivity contribution in [1.82, 2.24) is 5.32 Å². The first kappa shape index (κ1) is 23.8. The lowest BCUT2D eigenvalue weighted by Crippen LogP contribution is -2.43. The summed E-state index contributed by atoms with van der Waals surface area (Å²) < 4.78 is 10.8. The molecule has 1 N–H and O–H groups in total. The van der Waals surface area contributed by atoms with Gasteiger partial charge in [0.1, 0.15) is 12.0 Å². The van der Waals surface area contributed by atoms with E-state index in [9.17, 15) is 14.4 Å². The van der Waals surface area contributed by atoms with E-state index in [4.69, 9.17) is 32.7 Å². The van der Waals surface area contributed by atoms with Gasteiger partial charge in [0.2, 0.25) is 0 Å². The van der Waals surface area contributed by atoms with Crippen LogP contribution in [0, 0.1) is 11.8 Å². The minimum atomic E-state index is -0.939. The molecule has 4 rings (SSSR count). The fourth-order valence-corrected chi connectivity index (χ4v) is 5.50. The Bertz CT molecular complexity index is 1070. The van der Waals surface area contributed by atoms with Crippen LogP contribution in [0.5, 0.6) is 0 Å². The van der Waals surface area contributed by atoms with E-state index in [0.29, 0.717) is 44.6 Å². The monoisotopic (exact) mass is 491 g/mol. The van der Waals surface area contributed by atoms with Crippen LogP contribution in [0.25, 0.3) is 0 Å². The summed E-state index contributed by atoms with van der Waals surface area (Å²) in [4.78, 5) is 39.6. The van der Waals surface area contributed by atoms with Crippen LogP contribution in [0.4, 0.5) is 0 Å². The molecule has 2 aliphatic carbocycles. The predicted octanol–water partition coefficient (Wildman–Crippen LogP) is 5.09. The lowest BCUT2D eigenvalue weighted by Gasteiger charge is -2.38. The van der Waals surface area contributed by atoms with Crippen molar-refractivity contribution in [1.29, 1.82) is 0 Å². The molecule has 33 heavy (non-hydrogen) atoms. The number of Topliss-reactive ketones (excluding diaryl/α,β-unsaturated/α-hetero) is 1. The first-order valence-electron chi connectivity index (χ1n) is 11.2. The average Bonchev–Trinajstić information content (AvgIpc) is 3.27. The molecule has 3 atom stereocenters. The summed E-state index contributed by atoms with van der Waals surface area (Å²) in [6.07, 6.45) is 4.05. The molecule has 0 spiro atoms. The molecule has 0 radical (unpaired) electrons. The van der Waals surface area contributed by atoms with Crippen LogP contribution >= 0.6 is 23.2 Å². The number of ketones is 1. The second-order valence-corrected chi connectivity index (χ2v) is 9.84. The molecule has 3 unspecified atom stereocenters. The van der Waals surface area contributed by atoms with Crippen LogP contribution in [-0.2, 0) is 23.9 Å². The summed E-state index contributed by atoms with van der Waals surface area (Å²) >= 11 is 12.5. The maximum absolute atomic E-state index is 13.7. The topological polar surface area (TPSA) is 81.7 Å². The molecule has 1 saturated carbocycles. The highest BCUT2D eigenvalue weighted by molar-refractivity contribution is 6.42. The van der Waals surface area contributed by atoms with Gasteiger partial charge in [0.25, 0.3) is 0 Å². The Balaban J connectivity index is 1.82. The van der Waals surface area contributed by atoms with Crippen molar-refractivity contribution in [3.63, 3.8) is 0 Å². The van der Waals surface area contributed by atoms with Gasteiger partial charge in [-0.15, -0.1) is 0 Å². The number of benzene rings is 1. The van der Waals surface area contributed by atoms with Crippen molar-refractivity contribution in [2.75, 3.05) is 7.11 Å². The lowest BCUT2D eigenvalue weighted by atomic mass is 9.69. The van der Waals surface area contributed by atoms with Gasteiger partial charge < -0.3 is 14.8 Å². The number of hydrogen-bond donors (Lipinski definition) is 1. The average molecular weight is 492 g/mol. The standard InChI is InChI=1S/C25H27Cl2NO5/c1-12-10-18-22(23(29)19(12)24(30)32-3)21(14-8-9-16(26)17(27)11-14)20(13(2)28-18)25(31)33-15-6-4-5-7-15/h8-9,11-12,15,19,21,28H,4-7,10H2,1-3H3. The maximum atomic E-state index is 13.7. The Morgan fingerprint density at radius 1 is 1.12 bits per heavy atom. The second kappa shape index (κ2) is 9.51. The van der Waals surface area contributed by atoms with E-state index in [1.165, 1.54) is 7.11 Å². The third-order valence-electron chi connectivity index (χ3n) is 6.82. The number of hydrogen-bond acceptors (Lipinski definition) is 6. The predicted molar refractivity (Wildman–Crippen MR) is 125 cm³/mol. The molecule has 0 aromatic heterocycles. The van der Waals surface area contributed by atoms with Crippen LogP contribution in [-0.4, -0.2) is 30.9 Å². The van der Waals surface area contributed by atoms with Gasteiger partial charge in [-0.2, -0.15) is 0 Å². The number of dihydropyridines is 1. The van der Waals surface area contributed by atoms with Gasteiger partial charge in [-0.25, -0.2) is 4.79 Å². The number of esters is 2. The zero-order valence-corrected chi connectivity index (χ0v) is 20.4. The second-order valence-electron chi connectivity index (χ2n) is 9.02. The summed E-state index contributed by atoms with van der Waals surface area (Å²) in [5, 5.41) is 3.95. The van der Waals surface area contributed by atoms with Gasteiger partial charge in [0, 0.05) is 22.9 Å². The number of rotatable bonds is 4. The molecule has 0 amide bonds. The zero-order valence-electron chi connectivity index (χ0n) is 18.9. The summed E-state index contributed by atoms with van der Waals surface area (Å²) in [7, 11) is 1.27. The van der Waals surface area contributed by atoms with Crippen LogP contribution in [0.15, 0.2) is 40.7 Å². The number of carbonyl (C=O) groups excluding carboxylic acids is 3. The quantitative estimate of drug-likeness (QED) is 0.466. The molecular formula is C25H27Cl2NO5. The van der Waals surface area contributed by atoms with Gasteiger partial charge in [-0.05, 0) is 62.6 Å². The highest BCUT2D eigenvalue weighted by Gasteiger charge is 2.47. The molecule has 1 aromatic rings. The van der Waals surface area contributed by atoms with Crippen molar-refractivity contribution in [2.24, 2.45) is 11.8 Å². The van der Waals surface area contributed by atoms with E-state index in [-0.39, 0.29) is 17.8 Å². The molecule has 0 bridgehead atoms. The van der Waals surface area contributed by atoms with Crippen molar-refractivity contribution >= 4 is 40.9 Å². The third-order valence-corrected chi connectivity index (χ3v) is 7.55.